The molecule has 11 heteroatoms. The third-order valence-electron chi connectivity index (χ3n) is 7.11. The Morgan fingerprint density at radius 3 is 2.33 bits per heavy atom. The van der Waals surface area contributed by atoms with Crippen LogP contribution in [-0.2, 0) is 16.0 Å². The van der Waals surface area contributed by atoms with E-state index in [1.165, 1.54) is 6.92 Å². The van der Waals surface area contributed by atoms with Gasteiger partial charge in [0.05, 0.1) is 16.7 Å². The summed E-state index contributed by atoms with van der Waals surface area (Å²) in [5.41, 5.74) is 1.76. The number of carbonyl (C=O) groups is 3. The molecular weight excluding hydrogens is 763 g/mol. The number of aryl methyl sites for hydroxylation is 1. The van der Waals surface area contributed by atoms with Crippen LogP contribution >= 0.6 is 15.9 Å². The standard InChI is InChI=1S/C35H33BrN4O5.HI/c1-3-17-40-21-28(19-29(36)22-40)33(41)37-20-32(27-16-15-24-9-4-5-11-26(24)18-27)45-34(42)38-23(2)44-35(43)39-31-14-8-12-25-10-6-7-13-30(25)31;/h4-16,18-19,21-23,32H,3,17,20H2,1-2H3,(H2-,37,38,39,41,42,43);1H. The number of nitrogens with zero attached hydrogens (tertiary/aromatic N) is 1. The zero-order chi connectivity index (χ0) is 31.8. The van der Waals surface area contributed by atoms with Crippen molar-refractivity contribution in [3.63, 3.8) is 0 Å². The first-order valence-corrected chi connectivity index (χ1v) is 15.5. The predicted molar refractivity (Wildman–Crippen MR) is 177 cm³/mol. The molecule has 4 aromatic carbocycles. The van der Waals surface area contributed by atoms with Crippen LogP contribution in [0.1, 0.15) is 42.3 Å². The molecule has 3 N–H and O–H groups in total. The molecule has 0 saturated heterocycles. The van der Waals surface area contributed by atoms with Gasteiger partial charge in [-0.2, -0.15) is 0 Å². The van der Waals surface area contributed by atoms with E-state index >= 15 is 0 Å². The molecule has 238 valence electrons. The Morgan fingerprint density at radius 1 is 0.826 bits per heavy atom. The van der Waals surface area contributed by atoms with Crippen LogP contribution in [0, 0.1) is 0 Å². The highest BCUT2D eigenvalue weighted by Crippen LogP contribution is 2.24. The largest absolute Gasteiger partial charge is 1.00 e. The van der Waals surface area contributed by atoms with Gasteiger partial charge in [-0.05, 0) is 62.8 Å². The first kappa shape index (κ1) is 34.6. The van der Waals surface area contributed by atoms with E-state index < -0.39 is 24.5 Å². The third kappa shape index (κ3) is 9.16. The van der Waals surface area contributed by atoms with Crippen molar-refractivity contribution in [2.45, 2.75) is 39.1 Å². The molecule has 0 aliphatic heterocycles. The van der Waals surface area contributed by atoms with Crippen LogP contribution in [0.4, 0.5) is 15.3 Å². The van der Waals surface area contributed by atoms with E-state index in [4.69, 9.17) is 9.47 Å². The van der Waals surface area contributed by atoms with E-state index in [0.29, 0.717) is 16.8 Å². The fourth-order valence-electron chi connectivity index (χ4n) is 5.03. The quantitative estimate of drug-likeness (QED) is 0.111. The Bertz CT molecular complexity index is 1850. The van der Waals surface area contributed by atoms with Crippen LogP contribution in [0.15, 0.2) is 108 Å². The number of benzene rings is 4. The monoisotopic (exact) mass is 796 g/mol. The number of hydrogen-bond donors (Lipinski definition) is 3. The fraction of sp³-hybridized carbons (Fsp3) is 0.200. The maximum absolute atomic E-state index is 13.2. The highest BCUT2D eigenvalue weighted by molar-refractivity contribution is 9.10. The summed E-state index contributed by atoms with van der Waals surface area (Å²) in [6.45, 7) is 4.37. The van der Waals surface area contributed by atoms with E-state index in [0.717, 1.165) is 39.0 Å². The molecule has 1 aromatic heterocycles. The van der Waals surface area contributed by atoms with Crippen molar-refractivity contribution in [3.8, 4) is 0 Å². The van der Waals surface area contributed by atoms with Crippen LogP contribution < -0.4 is 44.5 Å². The zero-order valence-electron chi connectivity index (χ0n) is 25.3. The van der Waals surface area contributed by atoms with Gasteiger partial charge in [-0.25, -0.2) is 14.2 Å². The van der Waals surface area contributed by atoms with E-state index in [1.54, 1.807) is 18.3 Å². The number of pyridine rings is 1. The molecule has 9 nitrogen and oxygen atoms in total. The molecule has 0 fully saturated rings. The van der Waals surface area contributed by atoms with Crippen LogP contribution in [0.25, 0.3) is 21.5 Å². The highest BCUT2D eigenvalue weighted by atomic mass is 127. The van der Waals surface area contributed by atoms with E-state index in [9.17, 15) is 14.4 Å². The lowest BCUT2D eigenvalue weighted by Crippen LogP contribution is -3.00. The summed E-state index contributed by atoms with van der Waals surface area (Å²) in [5, 5.41) is 12.0. The van der Waals surface area contributed by atoms with Gasteiger partial charge in [0.25, 0.3) is 5.91 Å². The molecule has 0 saturated carbocycles. The molecular formula is C35H34BrIN4O5. The van der Waals surface area contributed by atoms with Crippen molar-refractivity contribution in [1.82, 2.24) is 10.6 Å². The molecule has 2 atom stereocenters. The molecule has 0 spiro atoms. The summed E-state index contributed by atoms with van der Waals surface area (Å²) in [6, 6.07) is 28.5. The molecule has 0 radical (unpaired) electrons. The van der Waals surface area contributed by atoms with Crippen molar-refractivity contribution >= 4 is 61.3 Å². The van der Waals surface area contributed by atoms with E-state index in [-0.39, 0.29) is 36.4 Å². The normalized spacial score (nSPS) is 12.0. The number of fused-ring (bicyclic) bond motifs is 2. The van der Waals surface area contributed by atoms with Crippen molar-refractivity contribution in [1.29, 1.82) is 0 Å². The van der Waals surface area contributed by atoms with Crippen molar-refractivity contribution in [2.24, 2.45) is 0 Å². The van der Waals surface area contributed by atoms with Gasteiger partial charge in [-0.1, -0.05) is 79.7 Å². The maximum atomic E-state index is 13.2. The number of rotatable bonds is 10. The first-order chi connectivity index (χ1) is 21.8. The Hall–Kier alpha value is -4.23. The number of hydrogen-bond acceptors (Lipinski definition) is 5. The number of ether oxygens (including phenoxy) is 2. The lowest BCUT2D eigenvalue weighted by molar-refractivity contribution is -0.697. The van der Waals surface area contributed by atoms with Crippen molar-refractivity contribution in [2.75, 3.05) is 11.9 Å². The summed E-state index contributed by atoms with van der Waals surface area (Å²) >= 11 is 3.47. The number of alkyl carbamates (subject to hydrolysis) is 1. The minimum atomic E-state index is -1.00. The second-order valence-electron chi connectivity index (χ2n) is 10.5. The molecule has 46 heavy (non-hydrogen) atoms. The highest BCUT2D eigenvalue weighted by Gasteiger charge is 2.22. The van der Waals surface area contributed by atoms with Gasteiger partial charge >= 0.3 is 12.2 Å². The summed E-state index contributed by atoms with van der Waals surface area (Å²) in [5.74, 6) is -0.308. The van der Waals surface area contributed by atoms with E-state index in [2.05, 4.69) is 38.8 Å². The van der Waals surface area contributed by atoms with Crippen LogP contribution in [-0.4, -0.2) is 30.9 Å². The SMILES string of the molecule is CCC[n+]1cc(Br)cc(C(=O)NCC(OC(=O)NC(C)OC(=O)Nc2cccc3ccccc23)c2ccc3ccccc3c2)c1.[I-]. The Kier molecular flexibility index (Phi) is 12.3. The van der Waals surface area contributed by atoms with E-state index in [1.807, 2.05) is 89.6 Å². The van der Waals surface area contributed by atoms with Gasteiger partial charge in [0.1, 0.15) is 18.2 Å². The number of amides is 3. The van der Waals surface area contributed by atoms with Crippen LogP contribution in [0.3, 0.4) is 0 Å². The molecule has 3 amide bonds. The summed E-state index contributed by atoms with van der Waals surface area (Å²) < 4.78 is 13.9. The number of halogens is 2. The smallest absolute Gasteiger partial charge is 0.413 e. The van der Waals surface area contributed by atoms with Gasteiger partial charge in [-0.3, -0.25) is 15.4 Å². The Labute approximate surface area is 292 Å². The number of aromatic nitrogens is 1. The number of carbonyl (C=O) groups excluding carboxylic acids is 3. The summed E-state index contributed by atoms with van der Waals surface area (Å²) in [7, 11) is 0. The topological polar surface area (TPSA) is 110 Å². The lowest BCUT2D eigenvalue weighted by atomic mass is 10.0. The first-order valence-electron chi connectivity index (χ1n) is 14.7. The predicted octanol–water partition coefficient (Wildman–Crippen LogP) is 4.25. The van der Waals surface area contributed by atoms with Crippen LogP contribution in [0.2, 0.25) is 0 Å². The van der Waals surface area contributed by atoms with Gasteiger partial charge < -0.3 is 38.8 Å². The molecule has 5 aromatic rings. The summed E-state index contributed by atoms with van der Waals surface area (Å²) in [6.07, 6.45) is 1.24. The zero-order valence-corrected chi connectivity index (χ0v) is 29.1. The minimum absolute atomic E-state index is 0. The average Bonchev–Trinajstić information content (AvgIpc) is 3.02. The van der Waals surface area contributed by atoms with Gasteiger partial charge in [0.2, 0.25) is 0 Å². The van der Waals surface area contributed by atoms with Crippen molar-refractivity contribution in [3.05, 3.63) is 119 Å². The molecule has 0 aliphatic carbocycles. The van der Waals surface area contributed by atoms with Gasteiger partial charge in [0, 0.05) is 11.8 Å². The fourth-order valence-corrected chi connectivity index (χ4v) is 5.53. The molecule has 0 aliphatic rings. The Morgan fingerprint density at radius 2 is 1.54 bits per heavy atom. The lowest BCUT2D eigenvalue weighted by Gasteiger charge is -2.21. The minimum Gasteiger partial charge on any atom is -1.00 e. The molecule has 1 heterocycles. The number of nitrogens with one attached hydrogen (secondary N) is 3. The molecule has 0 bridgehead atoms. The maximum Gasteiger partial charge on any atom is 0.413 e. The molecule has 5 rings (SSSR count). The second-order valence-corrected chi connectivity index (χ2v) is 11.5. The molecule has 2 unspecified atom stereocenters. The Balaban J connectivity index is 0.00000480. The number of anilines is 1. The van der Waals surface area contributed by atoms with Gasteiger partial charge in [-0.15, -0.1) is 0 Å². The van der Waals surface area contributed by atoms with Crippen molar-refractivity contribution < 1.29 is 52.4 Å². The average molecular weight is 797 g/mol. The van der Waals surface area contributed by atoms with Crippen LogP contribution in [0.5, 0.6) is 0 Å². The third-order valence-corrected chi connectivity index (χ3v) is 7.54. The summed E-state index contributed by atoms with van der Waals surface area (Å²) in [4.78, 5) is 38.8. The second kappa shape index (κ2) is 16.4. The van der Waals surface area contributed by atoms with Gasteiger partial charge in [0.15, 0.2) is 18.6 Å².